The molecule has 2 aromatic rings. The molecule has 0 aliphatic rings. The number of hydrogen-bond acceptors (Lipinski definition) is 3. The van der Waals surface area contributed by atoms with Crippen LogP contribution < -0.4 is 10.5 Å². The van der Waals surface area contributed by atoms with Gasteiger partial charge in [0.15, 0.2) is 11.6 Å². The molecule has 20 heavy (non-hydrogen) atoms. The van der Waals surface area contributed by atoms with Crippen molar-refractivity contribution in [2.24, 2.45) is 5.73 Å². The number of benzene rings is 1. The van der Waals surface area contributed by atoms with Crippen LogP contribution in [0.5, 0.6) is 11.6 Å². The van der Waals surface area contributed by atoms with Gasteiger partial charge in [-0.05, 0) is 18.2 Å². The van der Waals surface area contributed by atoms with E-state index in [2.05, 4.69) is 4.98 Å². The lowest BCUT2D eigenvalue weighted by atomic mass is 10.2. The fourth-order valence-corrected chi connectivity index (χ4v) is 1.50. The SMILES string of the molecule is NCc1ccc(C(F)(F)F)nc1Oc1ccccc1F. The molecule has 7 heteroatoms. The second-order valence-electron chi connectivity index (χ2n) is 3.90. The van der Waals surface area contributed by atoms with Gasteiger partial charge in [0.25, 0.3) is 0 Å². The van der Waals surface area contributed by atoms with Crippen LogP contribution in [0.25, 0.3) is 0 Å². The van der Waals surface area contributed by atoms with Gasteiger partial charge in [0.2, 0.25) is 5.88 Å². The monoisotopic (exact) mass is 286 g/mol. The first-order valence-corrected chi connectivity index (χ1v) is 5.61. The highest BCUT2D eigenvalue weighted by atomic mass is 19.4. The number of aromatic nitrogens is 1. The van der Waals surface area contributed by atoms with E-state index in [9.17, 15) is 17.6 Å². The lowest BCUT2D eigenvalue weighted by Crippen LogP contribution is -2.11. The predicted octanol–water partition coefficient (Wildman–Crippen LogP) is 3.49. The highest BCUT2D eigenvalue weighted by molar-refractivity contribution is 5.34. The Morgan fingerprint density at radius 2 is 1.80 bits per heavy atom. The number of alkyl halides is 3. The lowest BCUT2D eigenvalue weighted by molar-refractivity contribution is -0.141. The second-order valence-corrected chi connectivity index (χ2v) is 3.90. The Labute approximate surface area is 112 Å². The fourth-order valence-electron chi connectivity index (χ4n) is 1.50. The largest absolute Gasteiger partial charge is 0.436 e. The molecule has 0 saturated carbocycles. The van der Waals surface area contributed by atoms with Crippen LogP contribution in [0.3, 0.4) is 0 Å². The van der Waals surface area contributed by atoms with Gasteiger partial charge >= 0.3 is 6.18 Å². The van der Waals surface area contributed by atoms with Gasteiger partial charge in [-0.1, -0.05) is 18.2 Å². The van der Waals surface area contributed by atoms with Crippen LogP contribution in [0.15, 0.2) is 36.4 Å². The van der Waals surface area contributed by atoms with Gasteiger partial charge in [0.05, 0.1) is 0 Å². The molecule has 106 valence electrons. The smallest absolute Gasteiger partial charge is 0.433 e. The number of ether oxygens (including phenoxy) is 1. The third-order valence-electron chi connectivity index (χ3n) is 2.49. The molecule has 2 rings (SSSR count). The molecule has 0 amide bonds. The normalized spacial score (nSPS) is 11.4. The number of pyridine rings is 1. The minimum absolute atomic E-state index is 0.0745. The van der Waals surface area contributed by atoms with Crippen molar-refractivity contribution >= 4 is 0 Å². The molecule has 2 N–H and O–H groups in total. The molecule has 0 unspecified atom stereocenters. The summed E-state index contributed by atoms with van der Waals surface area (Å²) in [4.78, 5) is 3.36. The van der Waals surface area contributed by atoms with Gasteiger partial charge in [-0.3, -0.25) is 0 Å². The van der Waals surface area contributed by atoms with Crippen molar-refractivity contribution in [1.29, 1.82) is 0 Å². The van der Waals surface area contributed by atoms with Crippen LogP contribution in [0.4, 0.5) is 17.6 Å². The Kier molecular flexibility index (Phi) is 3.89. The van der Waals surface area contributed by atoms with E-state index in [4.69, 9.17) is 10.5 Å². The van der Waals surface area contributed by atoms with E-state index in [-0.39, 0.29) is 23.7 Å². The van der Waals surface area contributed by atoms with E-state index in [0.717, 1.165) is 18.2 Å². The maximum atomic E-state index is 13.4. The van der Waals surface area contributed by atoms with Crippen molar-refractivity contribution in [2.45, 2.75) is 12.7 Å². The molecule has 0 atom stereocenters. The summed E-state index contributed by atoms with van der Waals surface area (Å²) in [5.74, 6) is -1.27. The van der Waals surface area contributed by atoms with Crippen LogP contribution in [0.1, 0.15) is 11.3 Å². The average molecular weight is 286 g/mol. The molecule has 1 aromatic heterocycles. The van der Waals surface area contributed by atoms with Crippen molar-refractivity contribution in [3.8, 4) is 11.6 Å². The Hall–Kier alpha value is -2.15. The van der Waals surface area contributed by atoms with E-state index in [1.807, 2.05) is 0 Å². The van der Waals surface area contributed by atoms with Gasteiger partial charge in [-0.2, -0.15) is 13.2 Å². The predicted molar refractivity (Wildman–Crippen MR) is 63.6 cm³/mol. The Balaban J connectivity index is 2.42. The fraction of sp³-hybridized carbons (Fsp3) is 0.154. The van der Waals surface area contributed by atoms with Gasteiger partial charge in [0.1, 0.15) is 5.69 Å². The van der Waals surface area contributed by atoms with Crippen LogP contribution in [-0.2, 0) is 12.7 Å². The number of rotatable bonds is 3. The molecule has 0 saturated heterocycles. The topological polar surface area (TPSA) is 48.1 Å². The summed E-state index contributed by atoms with van der Waals surface area (Å²) in [6.07, 6.45) is -4.61. The van der Waals surface area contributed by atoms with Crippen molar-refractivity contribution in [1.82, 2.24) is 4.98 Å². The minimum Gasteiger partial charge on any atom is -0.436 e. The molecule has 0 radical (unpaired) electrons. The first kappa shape index (κ1) is 14.3. The molecule has 0 fully saturated rings. The summed E-state index contributed by atoms with van der Waals surface area (Å²) >= 11 is 0. The molecule has 1 aromatic carbocycles. The maximum absolute atomic E-state index is 13.4. The zero-order valence-corrected chi connectivity index (χ0v) is 10.1. The zero-order chi connectivity index (χ0) is 14.8. The Morgan fingerprint density at radius 1 is 1.10 bits per heavy atom. The summed E-state index contributed by atoms with van der Waals surface area (Å²) in [5.41, 5.74) is 4.53. The second kappa shape index (κ2) is 5.46. The van der Waals surface area contributed by atoms with Crippen molar-refractivity contribution in [2.75, 3.05) is 0 Å². The number of hydrogen-bond donors (Lipinski definition) is 1. The third kappa shape index (κ3) is 3.05. The van der Waals surface area contributed by atoms with E-state index in [1.165, 1.54) is 18.2 Å². The summed E-state index contributed by atoms with van der Waals surface area (Å²) in [7, 11) is 0. The Morgan fingerprint density at radius 3 is 2.40 bits per heavy atom. The molecule has 0 aliphatic carbocycles. The maximum Gasteiger partial charge on any atom is 0.433 e. The highest BCUT2D eigenvalue weighted by Gasteiger charge is 2.33. The highest BCUT2D eigenvalue weighted by Crippen LogP contribution is 2.32. The summed E-state index contributed by atoms with van der Waals surface area (Å²) in [5, 5.41) is 0. The van der Waals surface area contributed by atoms with Crippen LogP contribution in [0, 0.1) is 5.82 Å². The van der Waals surface area contributed by atoms with Crippen LogP contribution in [0.2, 0.25) is 0 Å². The first-order chi connectivity index (χ1) is 9.41. The van der Waals surface area contributed by atoms with Crippen molar-refractivity contribution in [3.05, 3.63) is 53.5 Å². The first-order valence-electron chi connectivity index (χ1n) is 5.61. The standard InChI is InChI=1S/C13H10F4N2O/c14-9-3-1-2-4-10(9)20-12-8(7-18)5-6-11(19-12)13(15,16)17/h1-6H,7,18H2. The Bertz CT molecular complexity index is 614. The quantitative estimate of drug-likeness (QED) is 0.879. The summed E-state index contributed by atoms with van der Waals surface area (Å²) in [6.45, 7) is -0.0745. The van der Waals surface area contributed by atoms with Crippen LogP contribution >= 0.6 is 0 Å². The van der Waals surface area contributed by atoms with E-state index >= 15 is 0 Å². The van der Waals surface area contributed by atoms with Gasteiger partial charge in [-0.15, -0.1) is 0 Å². The zero-order valence-electron chi connectivity index (χ0n) is 10.1. The lowest BCUT2D eigenvalue weighted by Gasteiger charge is -2.12. The van der Waals surface area contributed by atoms with Gasteiger partial charge in [0, 0.05) is 12.1 Å². The molecular weight excluding hydrogens is 276 g/mol. The molecule has 0 bridgehead atoms. The summed E-state index contributed by atoms with van der Waals surface area (Å²) < 4.78 is 56.3. The molecule has 0 aliphatic heterocycles. The number of halogens is 4. The van der Waals surface area contributed by atoms with E-state index < -0.39 is 17.7 Å². The number of para-hydroxylation sites is 1. The minimum atomic E-state index is -4.61. The van der Waals surface area contributed by atoms with Crippen molar-refractivity contribution in [3.63, 3.8) is 0 Å². The molecular formula is C13H10F4N2O. The number of nitrogens with two attached hydrogens (primary N) is 1. The van der Waals surface area contributed by atoms with Crippen LogP contribution in [-0.4, -0.2) is 4.98 Å². The van der Waals surface area contributed by atoms with Crippen molar-refractivity contribution < 1.29 is 22.3 Å². The third-order valence-corrected chi connectivity index (χ3v) is 2.49. The summed E-state index contributed by atoms with van der Waals surface area (Å²) in [6, 6.07) is 7.31. The average Bonchev–Trinajstić information content (AvgIpc) is 2.40. The molecule has 3 nitrogen and oxygen atoms in total. The van der Waals surface area contributed by atoms with E-state index in [1.54, 1.807) is 0 Å². The number of nitrogens with zero attached hydrogens (tertiary/aromatic N) is 1. The van der Waals surface area contributed by atoms with Gasteiger partial charge < -0.3 is 10.5 Å². The van der Waals surface area contributed by atoms with E-state index in [0.29, 0.717) is 0 Å². The molecule has 0 spiro atoms. The van der Waals surface area contributed by atoms with Gasteiger partial charge in [-0.25, -0.2) is 9.37 Å². The molecule has 1 heterocycles.